The maximum atomic E-state index is 9.76. The fraction of sp³-hybridized carbons (Fsp3) is 0.375. The molecule has 6 nitrogen and oxygen atoms in total. The molecule has 1 aliphatic heterocycles. The number of aromatic amines is 1. The Morgan fingerprint density at radius 1 is 1.23 bits per heavy atom. The topological polar surface area (TPSA) is 86.2 Å². The molecule has 1 saturated carbocycles. The minimum atomic E-state index is 0.0442. The number of thioether (sulfide) groups is 1. The number of aromatic nitrogens is 3. The van der Waals surface area contributed by atoms with Gasteiger partial charge in [0.25, 0.3) is 0 Å². The van der Waals surface area contributed by atoms with Crippen molar-refractivity contribution in [3.63, 3.8) is 0 Å². The van der Waals surface area contributed by atoms with E-state index in [4.69, 9.17) is 15.0 Å². The third-order valence-electron chi connectivity index (χ3n) is 6.34. The smallest absolute Gasteiger partial charge is 0.162 e. The Balaban J connectivity index is 1.28. The van der Waals surface area contributed by atoms with E-state index < -0.39 is 0 Å². The fourth-order valence-electron chi connectivity index (χ4n) is 4.39. The molecule has 0 bridgehead atoms. The number of hydrogen-bond acceptors (Lipinski definition) is 6. The highest BCUT2D eigenvalue weighted by molar-refractivity contribution is 8.15. The van der Waals surface area contributed by atoms with E-state index in [1.165, 1.54) is 29.6 Å². The Morgan fingerprint density at radius 2 is 2.13 bits per heavy atom. The fourth-order valence-corrected chi connectivity index (χ4v) is 5.59. The quantitative estimate of drug-likeness (QED) is 0.602. The minimum Gasteiger partial charge on any atom is -0.396 e. The van der Waals surface area contributed by atoms with Crippen LogP contribution in [0.1, 0.15) is 37.4 Å². The molecule has 2 aromatic heterocycles. The normalized spacial score (nSPS) is 22.9. The molecule has 3 heterocycles. The first kappa shape index (κ1) is 19.1. The average Bonchev–Trinajstić information content (AvgIpc) is 3.67. The van der Waals surface area contributed by atoms with Gasteiger partial charge >= 0.3 is 0 Å². The van der Waals surface area contributed by atoms with Crippen molar-refractivity contribution in [2.45, 2.75) is 36.9 Å². The average molecular weight is 432 g/mol. The van der Waals surface area contributed by atoms with E-state index in [1.807, 2.05) is 24.0 Å². The number of aliphatic hydroxyl groups excluding tert-OH is 1. The first-order valence-corrected chi connectivity index (χ1v) is 11.9. The first-order valence-electron chi connectivity index (χ1n) is 11.0. The number of anilines is 1. The highest BCUT2D eigenvalue weighted by Crippen LogP contribution is 2.43. The number of aliphatic hydroxyl groups is 1. The molecule has 3 N–H and O–H groups in total. The van der Waals surface area contributed by atoms with Crippen LogP contribution in [0.2, 0.25) is 0 Å². The Bertz CT molecular complexity index is 1180. The van der Waals surface area contributed by atoms with Gasteiger partial charge in [0, 0.05) is 24.0 Å². The molecule has 0 aromatic carbocycles. The summed E-state index contributed by atoms with van der Waals surface area (Å²) in [6.45, 7) is 1.00. The lowest BCUT2D eigenvalue weighted by molar-refractivity contribution is 0.273. The molecule has 0 radical (unpaired) electrons. The van der Waals surface area contributed by atoms with Gasteiger partial charge in [-0.3, -0.25) is 4.99 Å². The predicted molar refractivity (Wildman–Crippen MR) is 126 cm³/mol. The summed E-state index contributed by atoms with van der Waals surface area (Å²) in [5.41, 5.74) is 5.69. The lowest BCUT2D eigenvalue weighted by Gasteiger charge is -2.17. The van der Waals surface area contributed by atoms with E-state index >= 15 is 0 Å². The van der Waals surface area contributed by atoms with Crippen molar-refractivity contribution in [2.24, 2.45) is 10.9 Å². The largest absolute Gasteiger partial charge is 0.396 e. The van der Waals surface area contributed by atoms with Crippen LogP contribution in [0.3, 0.4) is 0 Å². The van der Waals surface area contributed by atoms with Gasteiger partial charge in [-0.25, -0.2) is 9.97 Å². The van der Waals surface area contributed by atoms with Gasteiger partial charge in [0.15, 0.2) is 11.0 Å². The number of allylic oxidation sites excluding steroid dienone is 8. The number of H-pyrrole nitrogens is 1. The van der Waals surface area contributed by atoms with Crippen LogP contribution >= 0.6 is 11.8 Å². The molecular weight excluding hydrogens is 406 g/mol. The molecule has 0 saturated heterocycles. The number of fused-ring (bicyclic) bond motifs is 2. The van der Waals surface area contributed by atoms with E-state index in [0.717, 1.165) is 46.7 Å². The standard InChI is InChI=1S/C24H25N5OS/c30-10-8-17(11-15-3-1-2-4-16-12-18(15)16)22-27-19-7-9-25-21(19)23(28-22)29-24-26-13-20(31-24)14-5-6-14/h1-4,7,9,12,14,17,20,25,30H,5-6,8,10-11,13H2,(H,26,27,28,29). The predicted octanol–water partition coefficient (Wildman–Crippen LogP) is 4.47. The van der Waals surface area contributed by atoms with Gasteiger partial charge in [0.05, 0.1) is 12.1 Å². The van der Waals surface area contributed by atoms with Gasteiger partial charge < -0.3 is 15.4 Å². The monoisotopic (exact) mass is 431 g/mol. The van der Waals surface area contributed by atoms with Crippen molar-refractivity contribution in [2.75, 3.05) is 18.5 Å². The van der Waals surface area contributed by atoms with Crippen LogP contribution in [0, 0.1) is 5.92 Å². The van der Waals surface area contributed by atoms with E-state index in [9.17, 15) is 5.11 Å². The zero-order chi connectivity index (χ0) is 20.8. The highest BCUT2D eigenvalue weighted by atomic mass is 32.2. The van der Waals surface area contributed by atoms with Crippen LogP contribution in [-0.4, -0.2) is 43.6 Å². The van der Waals surface area contributed by atoms with Gasteiger partial charge in [-0.05, 0) is 60.5 Å². The molecule has 7 heteroatoms. The second kappa shape index (κ2) is 7.80. The van der Waals surface area contributed by atoms with Crippen LogP contribution in [-0.2, 0) is 0 Å². The van der Waals surface area contributed by atoms with Crippen LogP contribution in [0.15, 0.2) is 64.4 Å². The number of amidine groups is 1. The third kappa shape index (κ3) is 3.88. The molecule has 1 fully saturated rings. The van der Waals surface area contributed by atoms with E-state index in [2.05, 4.69) is 40.7 Å². The number of hydrogen-bond donors (Lipinski definition) is 3. The molecule has 2 atom stereocenters. The Hall–Kier alpha value is -2.64. The van der Waals surface area contributed by atoms with E-state index in [1.54, 1.807) is 0 Å². The van der Waals surface area contributed by atoms with Gasteiger partial charge in [-0.1, -0.05) is 36.1 Å². The van der Waals surface area contributed by atoms with Gasteiger partial charge in [-0.2, -0.15) is 0 Å². The summed E-state index contributed by atoms with van der Waals surface area (Å²) in [5, 5.41) is 14.8. The summed E-state index contributed by atoms with van der Waals surface area (Å²) in [7, 11) is 0. The Kier molecular flexibility index (Phi) is 4.80. The SMILES string of the molecule is OCCC(CC1=CC=CC=C2C=C21)c1nc(NC2=NCC(C3CC3)S2)c2[nH]ccc2n1. The summed E-state index contributed by atoms with van der Waals surface area (Å²) >= 11 is 1.84. The van der Waals surface area contributed by atoms with Crippen LogP contribution in [0.25, 0.3) is 11.0 Å². The lowest BCUT2D eigenvalue weighted by Crippen LogP contribution is -2.14. The number of nitrogens with zero attached hydrogens (tertiary/aromatic N) is 3. The molecule has 6 rings (SSSR count). The van der Waals surface area contributed by atoms with Gasteiger partial charge in [0.2, 0.25) is 0 Å². The van der Waals surface area contributed by atoms with Crippen molar-refractivity contribution in [1.82, 2.24) is 15.0 Å². The highest BCUT2D eigenvalue weighted by Gasteiger charge is 2.35. The third-order valence-corrected chi connectivity index (χ3v) is 7.63. The van der Waals surface area contributed by atoms with E-state index in [-0.39, 0.29) is 12.5 Å². The van der Waals surface area contributed by atoms with Gasteiger partial charge in [0.1, 0.15) is 11.3 Å². The van der Waals surface area contributed by atoms with Gasteiger partial charge in [-0.15, -0.1) is 0 Å². The van der Waals surface area contributed by atoms with Crippen molar-refractivity contribution in [3.05, 3.63) is 65.2 Å². The Morgan fingerprint density at radius 3 is 3.00 bits per heavy atom. The summed E-state index contributed by atoms with van der Waals surface area (Å²) < 4.78 is 0. The summed E-state index contributed by atoms with van der Waals surface area (Å²) in [5.74, 6) is 2.41. The Labute approximate surface area is 185 Å². The zero-order valence-electron chi connectivity index (χ0n) is 17.2. The first-order chi connectivity index (χ1) is 15.3. The molecule has 4 aliphatic rings. The lowest BCUT2D eigenvalue weighted by atomic mass is 9.93. The molecular formula is C24H25N5OS. The zero-order valence-corrected chi connectivity index (χ0v) is 18.0. The molecule has 158 valence electrons. The molecule has 2 aromatic rings. The van der Waals surface area contributed by atoms with E-state index in [0.29, 0.717) is 11.7 Å². The maximum absolute atomic E-state index is 9.76. The van der Waals surface area contributed by atoms with Crippen LogP contribution in [0.4, 0.5) is 5.82 Å². The second-order valence-corrected chi connectivity index (χ2v) is 9.83. The van der Waals surface area contributed by atoms with Crippen molar-refractivity contribution in [3.8, 4) is 0 Å². The summed E-state index contributed by atoms with van der Waals surface area (Å²) in [6.07, 6.45) is 16.7. The number of rotatable bonds is 7. The second-order valence-electron chi connectivity index (χ2n) is 8.60. The molecule has 3 aliphatic carbocycles. The minimum absolute atomic E-state index is 0.0442. The van der Waals surface area contributed by atoms with Crippen LogP contribution in [0.5, 0.6) is 0 Å². The maximum Gasteiger partial charge on any atom is 0.162 e. The molecule has 0 amide bonds. The molecule has 31 heavy (non-hydrogen) atoms. The number of nitrogens with one attached hydrogen (secondary N) is 2. The number of aliphatic imine (C=N–C) groups is 1. The van der Waals surface area contributed by atoms with Crippen molar-refractivity contribution in [1.29, 1.82) is 0 Å². The van der Waals surface area contributed by atoms with Crippen LogP contribution < -0.4 is 5.32 Å². The molecule has 2 unspecified atom stereocenters. The summed E-state index contributed by atoms with van der Waals surface area (Å²) in [6, 6.07) is 1.98. The van der Waals surface area contributed by atoms with Crippen molar-refractivity contribution >= 4 is 33.8 Å². The van der Waals surface area contributed by atoms with Crippen molar-refractivity contribution < 1.29 is 5.11 Å². The molecule has 0 spiro atoms. The summed E-state index contributed by atoms with van der Waals surface area (Å²) in [4.78, 5) is 17.8.